The molecule has 0 heterocycles. The highest BCUT2D eigenvalue weighted by atomic mass is 35.5. The van der Waals surface area contributed by atoms with Crippen LogP contribution in [0.25, 0.3) is 0 Å². The molecule has 2 rings (SSSR count). The van der Waals surface area contributed by atoms with Crippen LogP contribution in [-0.2, 0) is 14.8 Å². The van der Waals surface area contributed by atoms with Gasteiger partial charge >= 0.3 is 0 Å². The average molecular weight is 348 g/mol. The van der Waals surface area contributed by atoms with Crippen LogP contribution in [0.15, 0.2) is 23.1 Å². The smallest absolute Gasteiger partial charge is 0.271 e. The molecule has 0 aromatic heterocycles. The minimum atomic E-state index is -3.61. The third kappa shape index (κ3) is 4.33. The number of nitrogens with two attached hydrogens (primary N) is 1. The Morgan fingerprint density at radius 3 is 2.64 bits per heavy atom. The third-order valence-corrected chi connectivity index (χ3v) is 5.22. The van der Waals surface area contributed by atoms with Gasteiger partial charge in [0.1, 0.15) is 5.75 Å². The summed E-state index contributed by atoms with van der Waals surface area (Å²) >= 11 is 6.00. The maximum Gasteiger partial charge on any atom is 0.271 e. The molecule has 1 amide bonds. The van der Waals surface area contributed by atoms with E-state index < -0.39 is 15.9 Å². The van der Waals surface area contributed by atoms with Crippen LogP contribution in [0, 0.1) is 0 Å². The van der Waals surface area contributed by atoms with Gasteiger partial charge in [-0.05, 0) is 31.0 Å². The molecule has 4 N–H and O–H groups in total. The molecule has 1 aromatic rings. The molecule has 1 fully saturated rings. The summed E-state index contributed by atoms with van der Waals surface area (Å²) in [7, 11) is -3.61. The highest BCUT2D eigenvalue weighted by molar-refractivity contribution is 7.89. The normalized spacial score (nSPS) is 15.7. The minimum Gasteiger partial charge on any atom is -0.482 e. The van der Waals surface area contributed by atoms with Crippen molar-refractivity contribution in [3.8, 4) is 5.75 Å². The summed E-state index contributed by atoms with van der Waals surface area (Å²) < 4.78 is 32.4. The maximum absolute atomic E-state index is 12.3. The molecular weight excluding hydrogens is 330 g/mol. The zero-order chi connectivity index (χ0) is 16.2. The predicted octanol–water partition coefficient (Wildman–Crippen LogP) is 0.930. The van der Waals surface area contributed by atoms with Crippen LogP contribution in [-0.4, -0.2) is 27.0 Å². The van der Waals surface area contributed by atoms with Crippen LogP contribution in [0.3, 0.4) is 0 Å². The van der Waals surface area contributed by atoms with Crippen molar-refractivity contribution < 1.29 is 17.9 Å². The molecule has 1 aliphatic rings. The van der Waals surface area contributed by atoms with Crippen molar-refractivity contribution in [2.24, 2.45) is 5.84 Å². The summed E-state index contributed by atoms with van der Waals surface area (Å²) in [5.74, 6) is 4.63. The first-order valence-electron chi connectivity index (χ1n) is 6.86. The molecule has 1 aliphatic carbocycles. The van der Waals surface area contributed by atoms with Gasteiger partial charge in [-0.3, -0.25) is 10.2 Å². The van der Waals surface area contributed by atoms with Gasteiger partial charge in [0.15, 0.2) is 6.61 Å². The standard InChI is InChI=1S/C13H18ClN3O4S/c14-11-7-10(5-6-12(11)21-8-13(18)16-15)22(19,20)17-9-3-1-2-4-9/h5-7,9,17H,1-4,8,15H2,(H,16,18). The molecule has 122 valence electrons. The lowest BCUT2D eigenvalue weighted by molar-refractivity contribution is -0.123. The van der Waals surface area contributed by atoms with E-state index in [2.05, 4.69) is 4.72 Å². The fourth-order valence-corrected chi connectivity index (χ4v) is 3.91. The highest BCUT2D eigenvalue weighted by Gasteiger charge is 2.23. The van der Waals surface area contributed by atoms with E-state index in [4.69, 9.17) is 22.2 Å². The van der Waals surface area contributed by atoms with Crippen LogP contribution in [0.4, 0.5) is 0 Å². The first-order valence-corrected chi connectivity index (χ1v) is 8.72. The van der Waals surface area contributed by atoms with Crippen molar-refractivity contribution >= 4 is 27.5 Å². The van der Waals surface area contributed by atoms with Gasteiger partial charge in [-0.15, -0.1) is 0 Å². The molecule has 0 spiro atoms. The lowest BCUT2D eigenvalue weighted by Crippen LogP contribution is -2.34. The van der Waals surface area contributed by atoms with Gasteiger partial charge in [0.25, 0.3) is 5.91 Å². The van der Waals surface area contributed by atoms with E-state index in [-0.39, 0.29) is 28.3 Å². The lowest BCUT2D eigenvalue weighted by Gasteiger charge is -2.13. The monoisotopic (exact) mass is 347 g/mol. The number of hydrazine groups is 1. The Morgan fingerprint density at radius 2 is 2.05 bits per heavy atom. The first kappa shape index (κ1) is 17.0. The third-order valence-electron chi connectivity index (χ3n) is 3.41. The Hall–Kier alpha value is -1.35. The quantitative estimate of drug-likeness (QED) is 0.403. The van der Waals surface area contributed by atoms with E-state index in [0.29, 0.717) is 0 Å². The number of sulfonamides is 1. The zero-order valence-electron chi connectivity index (χ0n) is 11.8. The Morgan fingerprint density at radius 1 is 1.36 bits per heavy atom. The van der Waals surface area contributed by atoms with Crippen molar-refractivity contribution in [1.82, 2.24) is 10.1 Å². The SMILES string of the molecule is NNC(=O)COc1ccc(S(=O)(=O)NC2CCCC2)cc1Cl. The molecule has 0 saturated heterocycles. The number of hydrogen-bond acceptors (Lipinski definition) is 5. The van der Waals surface area contributed by atoms with Gasteiger partial charge in [0.2, 0.25) is 10.0 Å². The molecular formula is C13H18ClN3O4S. The fraction of sp³-hybridized carbons (Fsp3) is 0.462. The number of carbonyl (C=O) groups excluding carboxylic acids is 1. The maximum atomic E-state index is 12.3. The Kier molecular flexibility index (Phi) is 5.63. The Balaban J connectivity index is 2.08. The second-order valence-electron chi connectivity index (χ2n) is 5.05. The number of ether oxygens (including phenoxy) is 1. The number of rotatable bonds is 6. The molecule has 1 saturated carbocycles. The van der Waals surface area contributed by atoms with Crippen LogP contribution in [0.2, 0.25) is 5.02 Å². The summed E-state index contributed by atoms with van der Waals surface area (Å²) in [5.41, 5.74) is 1.92. The molecule has 22 heavy (non-hydrogen) atoms. The molecule has 0 radical (unpaired) electrons. The Bertz CT molecular complexity index is 645. The number of amides is 1. The topological polar surface area (TPSA) is 111 Å². The van der Waals surface area contributed by atoms with Crippen molar-refractivity contribution in [2.75, 3.05) is 6.61 Å². The molecule has 9 heteroatoms. The van der Waals surface area contributed by atoms with Gasteiger partial charge in [-0.1, -0.05) is 24.4 Å². The minimum absolute atomic E-state index is 0.0204. The summed E-state index contributed by atoms with van der Waals surface area (Å²) in [6.07, 6.45) is 3.76. The van der Waals surface area contributed by atoms with E-state index in [1.165, 1.54) is 18.2 Å². The number of carbonyl (C=O) groups is 1. The lowest BCUT2D eigenvalue weighted by atomic mass is 10.3. The number of nitrogens with one attached hydrogen (secondary N) is 2. The fourth-order valence-electron chi connectivity index (χ4n) is 2.28. The highest BCUT2D eigenvalue weighted by Crippen LogP contribution is 2.28. The van der Waals surface area contributed by atoms with E-state index >= 15 is 0 Å². The molecule has 0 atom stereocenters. The van der Waals surface area contributed by atoms with Gasteiger partial charge in [0, 0.05) is 6.04 Å². The summed E-state index contributed by atoms with van der Waals surface area (Å²) in [6, 6.07) is 4.08. The van der Waals surface area contributed by atoms with E-state index in [1.807, 2.05) is 5.43 Å². The van der Waals surface area contributed by atoms with Crippen LogP contribution in [0.1, 0.15) is 25.7 Å². The molecule has 0 bridgehead atoms. The average Bonchev–Trinajstić information content (AvgIpc) is 2.97. The van der Waals surface area contributed by atoms with Crippen LogP contribution >= 0.6 is 11.6 Å². The molecule has 0 aliphatic heterocycles. The van der Waals surface area contributed by atoms with E-state index in [1.54, 1.807) is 0 Å². The second kappa shape index (κ2) is 7.28. The molecule has 1 aromatic carbocycles. The number of hydrogen-bond donors (Lipinski definition) is 3. The van der Waals surface area contributed by atoms with E-state index in [9.17, 15) is 13.2 Å². The second-order valence-corrected chi connectivity index (χ2v) is 7.17. The first-order chi connectivity index (χ1) is 10.4. The van der Waals surface area contributed by atoms with Crippen LogP contribution < -0.4 is 20.7 Å². The molecule has 0 unspecified atom stereocenters. The van der Waals surface area contributed by atoms with E-state index in [0.717, 1.165) is 25.7 Å². The van der Waals surface area contributed by atoms with Gasteiger partial charge in [-0.25, -0.2) is 19.0 Å². The van der Waals surface area contributed by atoms with Gasteiger partial charge in [-0.2, -0.15) is 0 Å². The molecule has 7 nitrogen and oxygen atoms in total. The zero-order valence-corrected chi connectivity index (χ0v) is 13.4. The van der Waals surface area contributed by atoms with Gasteiger partial charge < -0.3 is 4.74 Å². The predicted molar refractivity (Wildman–Crippen MR) is 81.9 cm³/mol. The number of halogens is 1. The van der Waals surface area contributed by atoms with Gasteiger partial charge in [0.05, 0.1) is 9.92 Å². The summed E-state index contributed by atoms with van der Waals surface area (Å²) in [4.78, 5) is 11.1. The largest absolute Gasteiger partial charge is 0.482 e. The summed E-state index contributed by atoms with van der Waals surface area (Å²) in [5, 5.41) is 0.110. The number of benzene rings is 1. The van der Waals surface area contributed by atoms with Crippen molar-refractivity contribution in [2.45, 2.75) is 36.6 Å². The van der Waals surface area contributed by atoms with Crippen LogP contribution in [0.5, 0.6) is 5.75 Å². The van der Waals surface area contributed by atoms with Crippen molar-refractivity contribution in [3.63, 3.8) is 0 Å². The Labute approximate surface area is 134 Å². The van der Waals surface area contributed by atoms with Crippen molar-refractivity contribution in [3.05, 3.63) is 23.2 Å². The van der Waals surface area contributed by atoms with Crippen molar-refractivity contribution in [1.29, 1.82) is 0 Å². The summed E-state index contributed by atoms with van der Waals surface area (Å²) in [6.45, 7) is -0.303.